The van der Waals surface area contributed by atoms with Crippen molar-refractivity contribution in [2.24, 2.45) is 0 Å². The number of benzene rings is 7. The summed E-state index contributed by atoms with van der Waals surface area (Å²) in [5, 5.41) is 7.85. The van der Waals surface area contributed by atoms with Crippen LogP contribution in [-0.4, -0.2) is 0 Å². The molecule has 0 saturated heterocycles. The van der Waals surface area contributed by atoms with Gasteiger partial charge in [0, 0.05) is 20.2 Å². The summed E-state index contributed by atoms with van der Waals surface area (Å²) in [6.07, 6.45) is 0. The highest BCUT2D eigenvalue weighted by atomic mass is 32.1. The molecular formula is C39H26S. The minimum atomic E-state index is 1.24. The van der Waals surface area contributed by atoms with Gasteiger partial charge in [0.05, 0.1) is 0 Å². The lowest BCUT2D eigenvalue weighted by atomic mass is 9.84. The highest BCUT2D eigenvalue weighted by Crippen LogP contribution is 2.47. The standard InChI is InChI=1S/C39H26S/c1-25-10-8-11-28(24-25)26-20-22-27(23-21-26)37-29-12-2-4-14-31(29)38(32-15-5-3-13-30(32)37)34-17-9-19-36-39(34)33-16-6-7-18-35(33)40-36/h2-24H,1H3. The molecular weight excluding hydrogens is 500 g/mol. The van der Waals surface area contributed by atoms with E-state index in [4.69, 9.17) is 0 Å². The van der Waals surface area contributed by atoms with Crippen LogP contribution < -0.4 is 0 Å². The second-order valence-corrected chi connectivity index (χ2v) is 11.6. The molecule has 0 bridgehead atoms. The molecule has 8 rings (SSSR count). The number of aryl methyl sites for hydroxylation is 1. The molecule has 0 aliphatic heterocycles. The van der Waals surface area contributed by atoms with E-state index in [-0.39, 0.29) is 0 Å². The smallest absolute Gasteiger partial charge is 0.0361 e. The second-order valence-electron chi connectivity index (χ2n) is 10.6. The largest absolute Gasteiger partial charge is 0.135 e. The average molecular weight is 527 g/mol. The summed E-state index contributed by atoms with van der Waals surface area (Å²) in [5.74, 6) is 0. The van der Waals surface area contributed by atoms with Crippen molar-refractivity contribution >= 4 is 53.1 Å². The number of hydrogen-bond acceptors (Lipinski definition) is 1. The Balaban J connectivity index is 1.43. The number of thiophene rings is 1. The fourth-order valence-corrected chi connectivity index (χ4v) is 7.50. The van der Waals surface area contributed by atoms with Crippen molar-refractivity contribution < 1.29 is 0 Å². The number of rotatable bonds is 3. The maximum atomic E-state index is 2.31. The monoisotopic (exact) mass is 526 g/mol. The van der Waals surface area contributed by atoms with Crippen LogP contribution in [0, 0.1) is 6.92 Å². The van der Waals surface area contributed by atoms with Crippen LogP contribution in [0.15, 0.2) is 140 Å². The van der Waals surface area contributed by atoms with E-state index in [1.54, 1.807) is 0 Å². The zero-order chi connectivity index (χ0) is 26.6. The first-order valence-corrected chi connectivity index (χ1v) is 14.6. The minimum absolute atomic E-state index is 1.24. The molecule has 188 valence electrons. The topological polar surface area (TPSA) is 0 Å². The van der Waals surface area contributed by atoms with Crippen LogP contribution in [0.1, 0.15) is 5.56 Å². The van der Waals surface area contributed by atoms with Gasteiger partial charge in [0.2, 0.25) is 0 Å². The molecule has 0 radical (unpaired) electrons. The number of fused-ring (bicyclic) bond motifs is 5. The van der Waals surface area contributed by atoms with Gasteiger partial charge in [-0.05, 0) is 74.0 Å². The van der Waals surface area contributed by atoms with E-state index in [9.17, 15) is 0 Å². The lowest BCUT2D eigenvalue weighted by Crippen LogP contribution is -1.91. The first kappa shape index (κ1) is 23.2. The quantitative estimate of drug-likeness (QED) is 0.201. The van der Waals surface area contributed by atoms with E-state index in [0.29, 0.717) is 0 Å². The van der Waals surface area contributed by atoms with E-state index in [0.717, 1.165) is 0 Å². The van der Waals surface area contributed by atoms with Gasteiger partial charge in [0.25, 0.3) is 0 Å². The third-order valence-corrected chi connectivity index (χ3v) is 9.26. The van der Waals surface area contributed by atoms with E-state index < -0.39 is 0 Å². The van der Waals surface area contributed by atoms with Gasteiger partial charge in [-0.25, -0.2) is 0 Å². The molecule has 0 aliphatic carbocycles. The van der Waals surface area contributed by atoms with Crippen molar-refractivity contribution in [3.05, 3.63) is 145 Å². The third-order valence-electron chi connectivity index (χ3n) is 8.13. The van der Waals surface area contributed by atoms with E-state index in [1.165, 1.54) is 80.7 Å². The van der Waals surface area contributed by atoms with Crippen molar-refractivity contribution in [2.45, 2.75) is 6.92 Å². The Morgan fingerprint density at radius 2 is 0.950 bits per heavy atom. The zero-order valence-electron chi connectivity index (χ0n) is 22.2. The van der Waals surface area contributed by atoms with Crippen molar-refractivity contribution in [1.82, 2.24) is 0 Å². The summed E-state index contributed by atoms with van der Waals surface area (Å²) >= 11 is 1.88. The van der Waals surface area contributed by atoms with Gasteiger partial charge in [-0.3, -0.25) is 0 Å². The minimum Gasteiger partial charge on any atom is -0.135 e. The van der Waals surface area contributed by atoms with E-state index in [1.807, 2.05) is 11.3 Å². The molecule has 0 nitrogen and oxygen atoms in total. The Hall–Kier alpha value is -4.72. The van der Waals surface area contributed by atoms with Crippen LogP contribution in [0.25, 0.3) is 75.1 Å². The van der Waals surface area contributed by atoms with Crippen molar-refractivity contribution in [1.29, 1.82) is 0 Å². The van der Waals surface area contributed by atoms with Crippen LogP contribution in [-0.2, 0) is 0 Å². The first-order valence-electron chi connectivity index (χ1n) is 13.8. The fraction of sp³-hybridized carbons (Fsp3) is 0.0256. The molecule has 0 amide bonds. The van der Waals surface area contributed by atoms with E-state index >= 15 is 0 Å². The highest BCUT2D eigenvalue weighted by molar-refractivity contribution is 7.25. The highest BCUT2D eigenvalue weighted by Gasteiger charge is 2.19. The molecule has 1 heterocycles. The Morgan fingerprint density at radius 3 is 1.62 bits per heavy atom. The van der Waals surface area contributed by atoms with Gasteiger partial charge < -0.3 is 0 Å². The molecule has 0 unspecified atom stereocenters. The fourth-order valence-electron chi connectivity index (χ4n) is 6.37. The lowest BCUT2D eigenvalue weighted by Gasteiger charge is -2.18. The van der Waals surface area contributed by atoms with Crippen LogP contribution in [0.3, 0.4) is 0 Å². The molecule has 0 aliphatic rings. The Bertz CT molecular complexity index is 2160. The molecule has 0 fully saturated rings. The molecule has 1 heteroatoms. The second kappa shape index (κ2) is 9.19. The summed E-state index contributed by atoms with van der Waals surface area (Å²) in [5.41, 5.74) is 8.95. The molecule has 0 spiro atoms. The molecule has 0 saturated carbocycles. The third kappa shape index (κ3) is 3.59. The molecule has 1 aromatic heterocycles. The summed E-state index contributed by atoms with van der Waals surface area (Å²) in [6, 6.07) is 51.3. The first-order chi connectivity index (χ1) is 19.8. The van der Waals surface area contributed by atoms with Gasteiger partial charge >= 0.3 is 0 Å². The summed E-state index contributed by atoms with van der Waals surface area (Å²) in [7, 11) is 0. The Morgan fingerprint density at radius 1 is 0.400 bits per heavy atom. The van der Waals surface area contributed by atoms with Crippen molar-refractivity contribution in [3.63, 3.8) is 0 Å². The van der Waals surface area contributed by atoms with Gasteiger partial charge in [-0.15, -0.1) is 11.3 Å². The van der Waals surface area contributed by atoms with Crippen LogP contribution in [0.4, 0.5) is 0 Å². The Kier molecular flexibility index (Phi) is 5.33. The molecule has 40 heavy (non-hydrogen) atoms. The molecule has 0 atom stereocenters. The van der Waals surface area contributed by atoms with Crippen LogP contribution in [0.2, 0.25) is 0 Å². The lowest BCUT2D eigenvalue weighted by molar-refractivity contribution is 1.47. The van der Waals surface area contributed by atoms with Gasteiger partial charge in [-0.1, -0.05) is 133 Å². The molecule has 8 aromatic rings. The van der Waals surface area contributed by atoms with Crippen molar-refractivity contribution in [2.75, 3.05) is 0 Å². The van der Waals surface area contributed by atoms with Gasteiger partial charge in [0.1, 0.15) is 0 Å². The summed E-state index contributed by atoms with van der Waals surface area (Å²) < 4.78 is 2.67. The predicted molar refractivity (Wildman–Crippen MR) is 175 cm³/mol. The Labute approximate surface area is 237 Å². The average Bonchev–Trinajstić information content (AvgIpc) is 3.39. The van der Waals surface area contributed by atoms with Gasteiger partial charge in [-0.2, -0.15) is 0 Å². The molecule has 7 aromatic carbocycles. The summed E-state index contributed by atoms with van der Waals surface area (Å²) in [6.45, 7) is 2.15. The van der Waals surface area contributed by atoms with Crippen LogP contribution in [0.5, 0.6) is 0 Å². The maximum Gasteiger partial charge on any atom is 0.0361 e. The summed E-state index contributed by atoms with van der Waals surface area (Å²) in [4.78, 5) is 0. The normalized spacial score (nSPS) is 11.6. The number of hydrogen-bond donors (Lipinski definition) is 0. The van der Waals surface area contributed by atoms with E-state index in [2.05, 4.69) is 146 Å². The SMILES string of the molecule is Cc1cccc(-c2ccc(-c3c4ccccc4c(-c4cccc5sc6ccccc6c45)c4ccccc34)cc2)c1. The van der Waals surface area contributed by atoms with Crippen molar-refractivity contribution in [3.8, 4) is 33.4 Å². The van der Waals surface area contributed by atoms with Crippen LogP contribution >= 0.6 is 11.3 Å². The predicted octanol–water partition coefficient (Wildman–Crippen LogP) is 11.7. The van der Waals surface area contributed by atoms with Gasteiger partial charge in [0.15, 0.2) is 0 Å². The molecule has 0 N–H and O–H groups in total. The zero-order valence-corrected chi connectivity index (χ0v) is 23.0. The maximum absolute atomic E-state index is 2.31.